The van der Waals surface area contributed by atoms with E-state index in [1.807, 2.05) is 0 Å². The normalized spacial score (nSPS) is 23.2. The average molecular weight is 240 g/mol. The molecule has 4 heteroatoms. The monoisotopic (exact) mass is 240 g/mol. The van der Waals surface area contributed by atoms with Crippen molar-refractivity contribution < 1.29 is 5.11 Å². The molecule has 1 aliphatic rings. The zero-order chi connectivity index (χ0) is 11.5. The summed E-state index contributed by atoms with van der Waals surface area (Å²) in [5.41, 5.74) is 7.41. The number of nitrogens with two attached hydrogens (primary N) is 1. The maximum Gasteiger partial charge on any atom is 0.0564 e. The van der Waals surface area contributed by atoms with Crippen molar-refractivity contribution in [1.82, 2.24) is 4.90 Å². The first-order valence-corrected chi connectivity index (χ1v) is 6.82. The third-order valence-electron chi connectivity index (χ3n) is 3.28. The minimum Gasteiger partial charge on any atom is -0.393 e. The van der Waals surface area contributed by atoms with Gasteiger partial charge in [-0.05, 0) is 42.2 Å². The van der Waals surface area contributed by atoms with E-state index in [-0.39, 0.29) is 12.1 Å². The molecule has 2 heterocycles. The maximum absolute atomic E-state index is 9.52. The lowest BCUT2D eigenvalue weighted by atomic mass is 9.98. The van der Waals surface area contributed by atoms with Crippen molar-refractivity contribution in [3.05, 3.63) is 22.4 Å². The number of aliphatic hydroxyl groups is 1. The number of piperidine rings is 1. The van der Waals surface area contributed by atoms with Crippen LogP contribution in [0.2, 0.25) is 0 Å². The Labute approximate surface area is 101 Å². The van der Waals surface area contributed by atoms with E-state index in [2.05, 4.69) is 28.7 Å². The first-order chi connectivity index (χ1) is 7.68. The third kappa shape index (κ3) is 2.63. The van der Waals surface area contributed by atoms with Crippen LogP contribution in [0, 0.1) is 0 Å². The number of thiophene rings is 1. The highest BCUT2D eigenvalue weighted by Gasteiger charge is 2.27. The summed E-state index contributed by atoms with van der Waals surface area (Å²) < 4.78 is 0. The van der Waals surface area contributed by atoms with Crippen LogP contribution in [-0.4, -0.2) is 35.2 Å². The van der Waals surface area contributed by atoms with Crippen molar-refractivity contribution in [3.63, 3.8) is 0 Å². The van der Waals surface area contributed by atoms with Crippen LogP contribution in [-0.2, 0) is 0 Å². The molecule has 0 spiro atoms. The molecule has 0 radical (unpaired) electrons. The fourth-order valence-corrected chi connectivity index (χ4v) is 3.14. The van der Waals surface area contributed by atoms with Gasteiger partial charge in [-0.2, -0.15) is 11.3 Å². The second-order valence-corrected chi connectivity index (χ2v) is 5.41. The van der Waals surface area contributed by atoms with Crippen molar-refractivity contribution in [1.29, 1.82) is 0 Å². The highest BCUT2D eigenvalue weighted by molar-refractivity contribution is 7.07. The molecule has 1 saturated heterocycles. The van der Waals surface area contributed by atoms with Gasteiger partial charge in [0.15, 0.2) is 0 Å². The average Bonchev–Trinajstić information content (AvgIpc) is 2.74. The lowest BCUT2D eigenvalue weighted by molar-refractivity contribution is 0.0550. The molecule has 90 valence electrons. The summed E-state index contributed by atoms with van der Waals surface area (Å²) in [5, 5.41) is 13.8. The van der Waals surface area contributed by atoms with Gasteiger partial charge in [0.2, 0.25) is 0 Å². The van der Waals surface area contributed by atoms with Gasteiger partial charge in [0.05, 0.1) is 12.1 Å². The van der Waals surface area contributed by atoms with E-state index in [0.29, 0.717) is 6.04 Å². The summed E-state index contributed by atoms with van der Waals surface area (Å²) in [7, 11) is 0. The van der Waals surface area contributed by atoms with Gasteiger partial charge in [0, 0.05) is 19.1 Å². The SMILES string of the molecule is CC(N)C(c1ccsc1)N1CCC(O)CC1. The Hall–Kier alpha value is -0.420. The van der Waals surface area contributed by atoms with Gasteiger partial charge in [0.25, 0.3) is 0 Å². The van der Waals surface area contributed by atoms with E-state index < -0.39 is 0 Å². The number of likely N-dealkylation sites (tertiary alicyclic amines) is 1. The first-order valence-electron chi connectivity index (χ1n) is 5.88. The molecular weight excluding hydrogens is 220 g/mol. The largest absolute Gasteiger partial charge is 0.393 e. The van der Waals surface area contributed by atoms with Crippen molar-refractivity contribution in [2.75, 3.05) is 13.1 Å². The quantitative estimate of drug-likeness (QED) is 0.843. The van der Waals surface area contributed by atoms with Crippen LogP contribution in [0.25, 0.3) is 0 Å². The molecule has 3 nitrogen and oxygen atoms in total. The lowest BCUT2D eigenvalue weighted by Crippen LogP contribution is -2.44. The van der Waals surface area contributed by atoms with Gasteiger partial charge < -0.3 is 10.8 Å². The maximum atomic E-state index is 9.52. The first kappa shape index (κ1) is 12.0. The molecule has 1 aromatic rings. The fraction of sp³-hybridized carbons (Fsp3) is 0.667. The van der Waals surface area contributed by atoms with Crippen LogP contribution in [0.5, 0.6) is 0 Å². The number of aliphatic hydroxyl groups excluding tert-OH is 1. The van der Waals surface area contributed by atoms with Crippen LogP contribution < -0.4 is 5.73 Å². The van der Waals surface area contributed by atoms with Crippen LogP contribution in [0.15, 0.2) is 16.8 Å². The minimum atomic E-state index is -0.118. The number of hydrogen-bond acceptors (Lipinski definition) is 4. The molecule has 1 aromatic heterocycles. The second kappa shape index (κ2) is 5.27. The Morgan fingerprint density at radius 3 is 2.69 bits per heavy atom. The van der Waals surface area contributed by atoms with Crippen molar-refractivity contribution in [2.24, 2.45) is 5.73 Å². The molecule has 0 aliphatic carbocycles. The minimum absolute atomic E-state index is 0.118. The van der Waals surface area contributed by atoms with Crippen molar-refractivity contribution in [2.45, 2.75) is 38.0 Å². The van der Waals surface area contributed by atoms with Crippen LogP contribution >= 0.6 is 11.3 Å². The number of nitrogens with zero attached hydrogens (tertiary/aromatic N) is 1. The summed E-state index contributed by atoms with van der Waals surface area (Å²) in [6.45, 7) is 3.96. The molecule has 2 atom stereocenters. The smallest absolute Gasteiger partial charge is 0.0564 e. The summed E-state index contributed by atoms with van der Waals surface area (Å²) in [5.74, 6) is 0. The molecule has 0 saturated carbocycles. The Morgan fingerprint density at radius 1 is 1.50 bits per heavy atom. The Balaban J connectivity index is 2.08. The van der Waals surface area contributed by atoms with Gasteiger partial charge >= 0.3 is 0 Å². The molecule has 3 N–H and O–H groups in total. The summed E-state index contributed by atoms with van der Waals surface area (Å²) >= 11 is 1.72. The molecule has 0 bridgehead atoms. The molecule has 0 aromatic carbocycles. The highest BCUT2D eigenvalue weighted by atomic mass is 32.1. The van der Waals surface area contributed by atoms with E-state index in [9.17, 15) is 5.11 Å². The van der Waals surface area contributed by atoms with Gasteiger partial charge in [-0.25, -0.2) is 0 Å². The summed E-state index contributed by atoms with van der Waals surface area (Å²) in [4.78, 5) is 2.40. The zero-order valence-corrected chi connectivity index (χ0v) is 10.5. The Kier molecular flexibility index (Phi) is 3.97. The molecular formula is C12H20N2OS. The van der Waals surface area contributed by atoms with E-state index in [0.717, 1.165) is 25.9 Å². The van der Waals surface area contributed by atoms with E-state index in [1.54, 1.807) is 11.3 Å². The molecule has 2 unspecified atom stereocenters. The van der Waals surface area contributed by atoms with Crippen LogP contribution in [0.3, 0.4) is 0 Å². The van der Waals surface area contributed by atoms with Crippen molar-refractivity contribution in [3.8, 4) is 0 Å². The van der Waals surface area contributed by atoms with E-state index in [4.69, 9.17) is 5.73 Å². The predicted octanol–water partition coefficient (Wildman–Crippen LogP) is 1.59. The van der Waals surface area contributed by atoms with E-state index in [1.165, 1.54) is 5.56 Å². The Bertz CT molecular complexity index is 305. The highest BCUT2D eigenvalue weighted by Crippen LogP contribution is 2.28. The molecule has 2 rings (SSSR count). The van der Waals surface area contributed by atoms with Gasteiger partial charge in [0.1, 0.15) is 0 Å². The zero-order valence-electron chi connectivity index (χ0n) is 9.67. The lowest BCUT2D eigenvalue weighted by Gasteiger charge is -2.38. The van der Waals surface area contributed by atoms with Gasteiger partial charge in [-0.3, -0.25) is 4.90 Å². The fourth-order valence-electron chi connectivity index (χ4n) is 2.45. The summed E-state index contributed by atoms with van der Waals surface area (Å²) in [6, 6.07) is 2.59. The molecule has 1 aliphatic heterocycles. The van der Waals surface area contributed by atoms with Crippen LogP contribution in [0.1, 0.15) is 31.4 Å². The van der Waals surface area contributed by atoms with Gasteiger partial charge in [-0.1, -0.05) is 0 Å². The predicted molar refractivity (Wildman–Crippen MR) is 67.5 cm³/mol. The van der Waals surface area contributed by atoms with Gasteiger partial charge in [-0.15, -0.1) is 0 Å². The molecule has 16 heavy (non-hydrogen) atoms. The number of rotatable bonds is 3. The topological polar surface area (TPSA) is 49.5 Å². The second-order valence-electron chi connectivity index (χ2n) is 4.63. The summed E-state index contributed by atoms with van der Waals surface area (Å²) in [6.07, 6.45) is 1.62. The number of hydrogen-bond donors (Lipinski definition) is 2. The van der Waals surface area contributed by atoms with Crippen LogP contribution in [0.4, 0.5) is 0 Å². The standard InChI is InChI=1S/C12H20N2OS/c1-9(13)12(10-4-7-16-8-10)14-5-2-11(15)3-6-14/h4,7-9,11-12,15H,2-3,5-6,13H2,1H3. The Morgan fingerprint density at radius 2 is 2.19 bits per heavy atom. The third-order valence-corrected chi connectivity index (χ3v) is 3.98. The molecule has 0 amide bonds. The van der Waals surface area contributed by atoms with E-state index >= 15 is 0 Å². The van der Waals surface area contributed by atoms with Crippen molar-refractivity contribution >= 4 is 11.3 Å². The molecule has 1 fully saturated rings.